The zero-order chi connectivity index (χ0) is 13.4. The van der Waals surface area contributed by atoms with Crippen LogP contribution < -0.4 is 0 Å². The fourth-order valence-electron chi connectivity index (χ4n) is 1.79. The largest absolute Gasteiger partial charge is 0.463 e. The molecule has 0 bridgehead atoms. The molecule has 0 aromatic rings. The Balaban J connectivity index is 2.22. The van der Waals surface area contributed by atoms with Crippen molar-refractivity contribution in [2.45, 2.75) is 39.0 Å². The quantitative estimate of drug-likeness (QED) is 0.311. The monoisotopic (exact) mass is 253 g/mol. The number of ether oxygens (including phenoxy) is 1. The van der Waals surface area contributed by atoms with Crippen LogP contribution in [0.3, 0.4) is 0 Å². The molecule has 1 rings (SSSR count). The topological polar surface area (TPSA) is 63.7 Å². The summed E-state index contributed by atoms with van der Waals surface area (Å²) < 4.78 is 4.73. The van der Waals surface area contributed by atoms with E-state index in [2.05, 4.69) is 0 Å². The standard InChI is InChI=1S/C13H19NO4/c1-2-18-13(17)9-4-3-5-10-14-11(15)7-6-8-12(14)16/h4,9H,2-3,5-8,10H2,1H3/b9-4+. The Morgan fingerprint density at radius 2 is 2.00 bits per heavy atom. The SMILES string of the molecule is CCOC(=O)/C=C/CCCN1C(=O)CCCC1=O. The minimum Gasteiger partial charge on any atom is -0.463 e. The summed E-state index contributed by atoms with van der Waals surface area (Å²) >= 11 is 0. The zero-order valence-electron chi connectivity index (χ0n) is 10.7. The van der Waals surface area contributed by atoms with Gasteiger partial charge in [-0.05, 0) is 26.2 Å². The average molecular weight is 253 g/mol. The number of carbonyl (C=O) groups is 3. The Labute approximate surface area is 107 Å². The summed E-state index contributed by atoms with van der Waals surface area (Å²) in [5, 5.41) is 0. The number of rotatable bonds is 6. The van der Waals surface area contributed by atoms with Gasteiger partial charge in [0.15, 0.2) is 0 Å². The van der Waals surface area contributed by atoms with Crippen LogP contribution in [-0.2, 0) is 19.1 Å². The van der Waals surface area contributed by atoms with E-state index in [-0.39, 0.29) is 17.8 Å². The van der Waals surface area contributed by atoms with Crippen LogP contribution in [0.25, 0.3) is 0 Å². The third-order valence-corrected chi connectivity index (χ3v) is 2.68. The first-order chi connectivity index (χ1) is 8.65. The Kier molecular flexibility index (Phi) is 6.11. The molecular weight excluding hydrogens is 234 g/mol. The van der Waals surface area contributed by atoms with Crippen LogP contribution in [0.2, 0.25) is 0 Å². The van der Waals surface area contributed by atoms with Crippen LogP contribution in [0.15, 0.2) is 12.2 Å². The molecule has 18 heavy (non-hydrogen) atoms. The van der Waals surface area contributed by atoms with Crippen molar-refractivity contribution < 1.29 is 19.1 Å². The molecular formula is C13H19NO4. The van der Waals surface area contributed by atoms with Gasteiger partial charge in [0.05, 0.1) is 6.61 Å². The van der Waals surface area contributed by atoms with Crippen LogP contribution in [0.1, 0.15) is 39.0 Å². The number of esters is 1. The molecule has 0 aliphatic carbocycles. The van der Waals surface area contributed by atoms with Crippen LogP contribution >= 0.6 is 0 Å². The molecule has 0 unspecified atom stereocenters. The molecule has 0 aromatic heterocycles. The maximum Gasteiger partial charge on any atom is 0.330 e. The molecule has 1 aliphatic rings. The highest BCUT2D eigenvalue weighted by Crippen LogP contribution is 2.12. The van der Waals surface area contributed by atoms with Gasteiger partial charge in [0, 0.05) is 25.5 Å². The molecule has 1 heterocycles. The van der Waals surface area contributed by atoms with Crippen LogP contribution in [0.4, 0.5) is 0 Å². The van der Waals surface area contributed by atoms with E-state index >= 15 is 0 Å². The van der Waals surface area contributed by atoms with E-state index in [0.717, 1.165) is 0 Å². The summed E-state index contributed by atoms with van der Waals surface area (Å²) in [6.45, 7) is 2.55. The van der Waals surface area contributed by atoms with E-state index in [1.807, 2.05) is 0 Å². The van der Waals surface area contributed by atoms with Gasteiger partial charge in [-0.1, -0.05) is 6.08 Å². The third kappa shape index (κ3) is 4.69. The van der Waals surface area contributed by atoms with E-state index < -0.39 is 0 Å². The second kappa shape index (κ2) is 7.63. The van der Waals surface area contributed by atoms with Crippen LogP contribution in [0, 0.1) is 0 Å². The number of allylic oxidation sites excluding steroid dienone is 1. The third-order valence-electron chi connectivity index (χ3n) is 2.68. The number of hydrogen-bond acceptors (Lipinski definition) is 4. The fourth-order valence-corrected chi connectivity index (χ4v) is 1.79. The minimum atomic E-state index is -0.359. The predicted octanol–water partition coefficient (Wildman–Crippen LogP) is 1.43. The number of hydrogen-bond donors (Lipinski definition) is 0. The lowest BCUT2D eigenvalue weighted by atomic mass is 10.1. The summed E-state index contributed by atoms with van der Waals surface area (Å²) in [4.78, 5) is 35.3. The summed E-state index contributed by atoms with van der Waals surface area (Å²) in [6, 6.07) is 0. The van der Waals surface area contributed by atoms with E-state index in [0.29, 0.717) is 45.3 Å². The van der Waals surface area contributed by atoms with E-state index in [1.54, 1.807) is 13.0 Å². The number of nitrogens with zero attached hydrogens (tertiary/aromatic N) is 1. The molecule has 0 N–H and O–H groups in total. The molecule has 1 aliphatic heterocycles. The van der Waals surface area contributed by atoms with Crippen molar-refractivity contribution in [1.29, 1.82) is 0 Å². The number of imide groups is 1. The molecule has 5 heteroatoms. The summed E-state index contributed by atoms with van der Waals surface area (Å²) in [5.74, 6) is -0.524. The van der Waals surface area contributed by atoms with Crippen LogP contribution in [-0.4, -0.2) is 35.8 Å². The molecule has 100 valence electrons. The molecule has 0 aromatic carbocycles. The van der Waals surface area contributed by atoms with Gasteiger partial charge >= 0.3 is 5.97 Å². The smallest absolute Gasteiger partial charge is 0.330 e. The number of likely N-dealkylation sites (tertiary alicyclic amines) is 1. The highest BCUT2D eigenvalue weighted by atomic mass is 16.5. The van der Waals surface area contributed by atoms with Gasteiger partial charge < -0.3 is 4.74 Å². The molecule has 0 atom stereocenters. The summed E-state index contributed by atoms with van der Waals surface area (Å²) in [7, 11) is 0. The predicted molar refractivity (Wildman–Crippen MR) is 65.6 cm³/mol. The summed E-state index contributed by atoms with van der Waals surface area (Å²) in [5.41, 5.74) is 0. The number of piperidine rings is 1. The second-order valence-corrected chi connectivity index (χ2v) is 4.09. The zero-order valence-corrected chi connectivity index (χ0v) is 10.7. The number of unbranched alkanes of at least 4 members (excludes halogenated alkanes) is 1. The lowest BCUT2D eigenvalue weighted by molar-refractivity contribution is -0.148. The highest BCUT2D eigenvalue weighted by molar-refractivity contribution is 5.97. The van der Waals surface area contributed by atoms with Crippen molar-refractivity contribution in [3.63, 3.8) is 0 Å². The van der Waals surface area contributed by atoms with Crippen molar-refractivity contribution >= 4 is 17.8 Å². The van der Waals surface area contributed by atoms with E-state index in [4.69, 9.17) is 4.74 Å². The Morgan fingerprint density at radius 3 is 2.61 bits per heavy atom. The first-order valence-corrected chi connectivity index (χ1v) is 6.31. The fraction of sp³-hybridized carbons (Fsp3) is 0.615. The van der Waals surface area contributed by atoms with Gasteiger partial charge in [-0.2, -0.15) is 0 Å². The maximum absolute atomic E-state index is 11.5. The Hall–Kier alpha value is -1.65. The molecule has 0 spiro atoms. The van der Waals surface area contributed by atoms with Gasteiger partial charge in [0.1, 0.15) is 0 Å². The maximum atomic E-state index is 11.5. The first kappa shape index (κ1) is 14.4. The lowest BCUT2D eigenvalue weighted by Crippen LogP contribution is -2.40. The van der Waals surface area contributed by atoms with Crippen molar-refractivity contribution in [2.75, 3.05) is 13.2 Å². The highest BCUT2D eigenvalue weighted by Gasteiger charge is 2.24. The van der Waals surface area contributed by atoms with E-state index in [9.17, 15) is 14.4 Å². The molecule has 0 saturated carbocycles. The van der Waals surface area contributed by atoms with Gasteiger partial charge in [-0.25, -0.2) is 4.79 Å². The number of amides is 2. The Morgan fingerprint density at radius 1 is 1.33 bits per heavy atom. The first-order valence-electron chi connectivity index (χ1n) is 6.31. The second-order valence-electron chi connectivity index (χ2n) is 4.09. The van der Waals surface area contributed by atoms with Gasteiger partial charge in [0.25, 0.3) is 0 Å². The van der Waals surface area contributed by atoms with Crippen molar-refractivity contribution in [3.05, 3.63) is 12.2 Å². The van der Waals surface area contributed by atoms with Gasteiger partial charge in [-0.3, -0.25) is 14.5 Å². The molecule has 1 saturated heterocycles. The van der Waals surface area contributed by atoms with Gasteiger partial charge in [-0.15, -0.1) is 0 Å². The summed E-state index contributed by atoms with van der Waals surface area (Å²) in [6.07, 6.45) is 6.00. The molecule has 0 radical (unpaired) electrons. The van der Waals surface area contributed by atoms with E-state index in [1.165, 1.54) is 11.0 Å². The number of carbonyl (C=O) groups excluding carboxylic acids is 3. The minimum absolute atomic E-state index is 0.0828. The van der Waals surface area contributed by atoms with Gasteiger partial charge in [0.2, 0.25) is 11.8 Å². The van der Waals surface area contributed by atoms with Crippen molar-refractivity contribution in [1.82, 2.24) is 4.90 Å². The van der Waals surface area contributed by atoms with Crippen molar-refractivity contribution in [2.24, 2.45) is 0 Å². The normalized spacial score (nSPS) is 16.4. The molecule has 1 fully saturated rings. The Bertz CT molecular complexity index is 333. The molecule has 5 nitrogen and oxygen atoms in total. The average Bonchev–Trinajstić information content (AvgIpc) is 2.32. The van der Waals surface area contributed by atoms with Crippen LogP contribution in [0.5, 0.6) is 0 Å². The van der Waals surface area contributed by atoms with Crippen molar-refractivity contribution in [3.8, 4) is 0 Å². The lowest BCUT2D eigenvalue weighted by Gasteiger charge is -2.24. The molecule has 2 amide bonds.